The van der Waals surface area contributed by atoms with E-state index in [1.54, 1.807) is 23.8 Å². The minimum atomic E-state index is -0.486. The number of para-hydroxylation sites is 1. The van der Waals surface area contributed by atoms with E-state index in [4.69, 9.17) is 4.74 Å². The maximum Gasteiger partial charge on any atom is 0.325 e. The summed E-state index contributed by atoms with van der Waals surface area (Å²) in [5, 5.41) is 13.1. The molecule has 0 fully saturated rings. The van der Waals surface area contributed by atoms with Gasteiger partial charge in [-0.1, -0.05) is 30.3 Å². The Kier molecular flexibility index (Phi) is 6.10. The van der Waals surface area contributed by atoms with Gasteiger partial charge in [0.15, 0.2) is 0 Å². The van der Waals surface area contributed by atoms with E-state index in [-0.39, 0.29) is 18.1 Å². The summed E-state index contributed by atoms with van der Waals surface area (Å²) < 4.78 is 6.79. The number of aromatic nitrogens is 1. The van der Waals surface area contributed by atoms with E-state index >= 15 is 0 Å². The quantitative estimate of drug-likeness (QED) is 0.393. The third-order valence-corrected chi connectivity index (χ3v) is 4.37. The molecule has 3 aromatic rings. The lowest BCUT2D eigenvalue weighted by Gasteiger charge is -2.05. The van der Waals surface area contributed by atoms with Crippen molar-refractivity contribution in [1.82, 2.24) is 4.57 Å². The van der Waals surface area contributed by atoms with Crippen molar-refractivity contribution in [3.8, 4) is 6.07 Å². The number of amides is 1. The van der Waals surface area contributed by atoms with Gasteiger partial charge in [0, 0.05) is 28.4 Å². The van der Waals surface area contributed by atoms with Crippen LogP contribution in [0.5, 0.6) is 0 Å². The van der Waals surface area contributed by atoms with Crippen molar-refractivity contribution >= 4 is 34.5 Å². The molecule has 0 atom stereocenters. The van der Waals surface area contributed by atoms with Crippen LogP contribution in [-0.2, 0) is 20.9 Å². The van der Waals surface area contributed by atoms with Crippen LogP contribution in [0.1, 0.15) is 18.1 Å². The first-order chi connectivity index (χ1) is 14.0. The number of nitriles is 1. The molecule has 0 radical (unpaired) electrons. The lowest BCUT2D eigenvalue weighted by molar-refractivity contribution is -0.143. The smallest absolute Gasteiger partial charge is 0.325 e. The standard InChI is InChI=1S/C23H21N3O3/c1-3-29-22(27)15-26-14-18(20-9-4-5-10-21(20)26)12-17(13-24)23(28)25-19-8-6-7-16(2)11-19/h4-12,14H,3,15H2,1-2H3,(H,25,28)/b17-12+. The molecular weight excluding hydrogens is 366 g/mol. The van der Waals surface area contributed by atoms with E-state index in [0.717, 1.165) is 16.5 Å². The average molecular weight is 387 g/mol. The molecule has 0 aliphatic rings. The van der Waals surface area contributed by atoms with Gasteiger partial charge >= 0.3 is 5.97 Å². The highest BCUT2D eigenvalue weighted by molar-refractivity contribution is 6.10. The molecule has 1 aromatic heterocycles. The summed E-state index contributed by atoms with van der Waals surface area (Å²) in [5.74, 6) is -0.832. The Hall–Kier alpha value is -3.85. The van der Waals surface area contributed by atoms with Crippen molar-refractivity contribution in [3.63, 3.8) is 0 Å². The van der Waals surface area contributed by atoms with Crippen LogP contribution >= 0.6 is 0 Å². The topological polar surface area (TPSA) is 84.1 Å². The van der Waals surface area contributed by atoms with E-state index in [0.29, 0.717) is 17.9 Å². The Morgan fingerprint density at radius 3 is 2.72 bits per heavy atom. The number of anilines is 1. The summed E-state index contributed by atoms with van der Waals surface area (Å²) in [6.45, 7) is 4.04. The molecule has 146 valence electrons. The number of benzene rings is 2. The van der Waals surface area contributed by atoms with E-state index < -0.39 is 5.91 Å². The number of hydrogen-bond acceptors (Lipinski definition) is 4. The van der Waals surface area contributed by atoms with Crippen LogP contribution in [0.2, 0.25) is 0 Å². The predicted molar refractivity (Wildman–Crippen MR) is 112 cm³/mol. The molecule has 0 bridgehead atoms. The Labute approximate surface area is 169 Å². The van der Waals surface area contributed by atoms with E-state index in [1.807, 2.05) is 55.5 Å². The first-order valence-corrected chi connectivity index (χ1v) is 9.25. The summed E-state index contributed by atoms with van der Waals surface area (Å²) in [6.07, 6.45) is 3.29. The first kappa shape index (κ1) is 19.9. The van der Waals surface area contributed by atoms with Crippen molar-refractivity contribution in [2.75, 3.05) is 11.9 Å². The van der Waals surface area contributed by atoms with Gasteiger partial charge in [-0.15, -0.1) is 0 Å². The number of hydrogen-bond donors (Lipinski definition) is 1. The number of ether oxygens (including phenoxy) is 1. The number of fused-ring (bicyclic) bond motifs is 1. The molecule has 0 spiro atoms. The average Bonchev–Trinajstić information content (AvgIpc) is 3.03. The van der Waals surface area contributed by atoms with Gasteiger partial charge in [0.2, 0.25) is 0 Å². The second-order valence-electron chi connectivity index (χ2n) is 6.53. The number of aryl methyl sites for hydroxylation is 1. The fourth-order valence-electron chi connectivity index (χ4n) is 3.09. The van der Waals surface area contributed by atoms with Crippen LogP contribution in [-0.4, -0.2) is 23.1 Å². The summed E-state index contributed by atoms with van der Waals surface area (Å²) in [7, 11) is 0. The van der Waals surface area contributed by atoms with E-state index in [9.17, 15) is 14.9 Å². The SMILES string of the molecule is CCOC(=O)Cn1cc(/C=C(\C#N)C(=O)Nc2cccc(C)c2)c2ccccc21. The zero-order valence-corrected chi connectivity index (χ0v) is 16.3. The van der Waals surface area contributed by atoms with Crippen molar-refractivity contribution in [3.05, 3.63) is 71.4 Å². The van der Waals surface area contributed by atoms with Crippen molar-refractivity contribution in [1.29, 1.82) is 5.26 Å². The largest absolute Gasteiger partial charge is 0.465 e. The second-order valence-corrected chi connectivity index (χ2v) is 6.53. The minimum Gasteiger partial charge on any atom is -0.465 e. The maximum atomic E-state index is 12.6. The Morgan fingerprint density at radius 1 is 1.21 bits per heavy atom. The Bertz CT molecular complexity index is 1140. The Morgan fingerprint density at radius 2 is 2.00 bits per heavy atom. The maximum absolute atomic E-state index is 12.6. The van der Waals surface area contributed by atoms with Crippen LogP contribution in [0.25, 0.3) is 17.0 Å². The first-order valence-electron chi connectivity index (χ1n) is 9.25. The summed E-state index contributed by atoms with van der Waals surface area (Å²) in [4.78, 5) is 24.5. The van der Waals surface area contributed by atoms with Gasteiger partial charge in [-0.05, 0) is 43.7 Å². The van der Waals surface area contributed by atoms with Gasteiger partial charge in [-0.2, -0.15) is 5.26 Å². The molecule has 0 unspecified atom stereocenters. The van der Waals surface area contributed by atoms with Crippen molar-refractivity contribution < 1.29 is 14.3 Å². The molecule has 1 N–H and O–H groups in total. The number of nitrogens with one attached hydrogen (secondary N) is 1. The lowest BCUT2D eigenvalue weighted by Crippen LogP contribution is -2.13. The van der Waals surface area contributed by atoms with Gasteiger partial charge in [-0.25, -0.2) is 0 Å². The fraction of sp³-hybridized carbons (Fsp3) is 0.174. The molecule has 1 amide bonds. The molecule has 2 aromatic carbocycles. The van der Waals surface area contributed by atoms with Crippen LogP contribution in [0, 0.1) is 18.3 Å². The third kappa shape index (κ3) is 4.71. The van der Waals surface area contributed by atoms with E-state index in [1.165, 1.54) is 6.08 Å². The van der Waals surface area contributed by atoms with Gasteiger partial charge < -0.3 is 14.6 Å². The van der Waals surface area contributed by atoms with Crippen molar-refractivity contribution in [2.24, 2.45) is 0 Å². The number of carbonyl (C=O) groups excluding carboxylic acids is 2. The highest BCUT2D eigenvalue weighted by Gasteiger charge is 2.14. The minimum absolute atomic E-state index is 0.0226. The number of nitrogens with zero attached hydrogens (tertiary/aromatic N) is 2. The molecular formula is C23H21N3O3. The van der Waals surface area contributed by atoms with Crippen LogP contribution in [0.4, 0.5) is 5.69 Å². The third-order valence-electron chi connectivity index (χ3n) is 4.37. The highest BCUT2D eigenvalue weighted by atomic mass is 16.5. The van der Waals surface area contributed by atoms with E-state index in [2.05, 4.69) is 5.32 Å². The molecule has 1 heterocycles. The highest BCUT2D eigenvalue weighted by Crippen LogP contribution is 2.24. The monoisotopic (exact) mass is 387 g/mol. The number of carbonyl (C=O) groups is 2. The summed E-state index contributed by atoms with van der Waals surface area (Å²) >= 11 is 0. The zero-order chi connectivity index (χ0) is 20.8. The fourth-order valence-corrected chi connectivity index (χ4v) is 3.09. The predicted octanol–water partition coefficient (Wildman–Crippen LogP) is 4.06. The number of rotatable bonds is 6. The molecule has 6 heteroatoms. The van der Waals surface area contributed by atoms with Crippen LogP contribution in [0.3, 0.4) is 0 Å². The van der Waals surface area contributed by atoms with Gasteiger partial charge in [0.25, 0.3) is 5.91 Å². The van der Waals surface area contributed by atoms with Crippen LogP contribution < -0.4 is 5.32 Å². The second kappa shape index (κ2) is 8.89. The molecule has 6 nitrogen and oxygen atoms in total. The molecule has 0 aliphatic carbocycles. The summed E-state index contributed by atoms with van der Waals surface area (Å²) in [5.41, 5.74) is 3.11. The molecule has 29 heavy (non-hydrogen) atoms. The molecule has 0 saturated carbocycles. The molecule has 0 aliphatic heterocycles. The van der Waals surface area contributed by atoms with Gasteiger partial charge in [0.05, 0.1) is 6.61 Å². The van der Waals surface area contributed by atoms with Crippen molar-refractivity contribution in [2.45, 2.75) is 20.4 Å². The molecule has 3 rings (SSSR count). The lowest BCUT2D eigenvalue weighted by atomic mass is 10.1. The van der Waals surface area contributed by atoms with Gasteiger partial charge in [-0.3, -0.25) is 9.59 Å². The number of esters is 1. The van der Waals surface area contributed by atoms with Crippen LogP contribution in [0.15, 0.2) is 60.3 Å². The van der Waals surface area contributed by atoms with Gasteiger partial charge in [0.1, 0.15) is 18.2 Å². The molecule has 0 saturated heterocycles. The summed E-state index contributed by atoms with van der Waals surface area (Å²) in [6, 6.07) is 16.8. The Balaban J connectivity index is 1.93. The zero-order valence-electron chi connectivity index (χ0n) is 16.3. The normalized spacial score (nSPS) is 11.1.